The maximum atomic E-state index is 13.7. The highest BCUT2D eigenvalue weighted by atomic mass is 19.2. The summed E-state index contributed by atoms with van der Waals surface area (Å²) >= 11 is 0. The van der Waals surface area contributed by atoms with Gasteiger partial charge in [-0.2, -0.15) is 0 Å². The van der Waals surface area contributed by atoms with E-state index < -0.39 is 11.6 Å². The van der Waals surface area contributed by atoms with Gasteiger partial charge >= 0.3 is 0 Å². The monoisotopic (exact) mass is 239 g/mol. The van der Waals surface area contributed by atoms with Crippen molar-refractivity contribution in [1.82, 2.24) is 5.32 Å². The maximum absolute atomic E-state index is 13.7. The average molecular weight is 239 g/mol. The van der Waals surface area contributed by atoms with Crippen LogP contribution >= 0.6 is 0 Å². The van der Waals surface area contributed by atoms with E-state index in [1.807, 2.05) is 0 Å². The number of benzene rings is 1. The van der Waals surface area contributed by atoms with Gasteiger partial charge in [0.25, 0.3) is 0 Å². The lowest BCUT2D eigenvalue weighted by atomic mass is 9.65. The minimum absolute atomic E-state index is 0.166. The Bertz CT molecular complexity index is 392. The molecule has 0 radical (unpaired) electrons. The Hall–Kier alpha value is -0.960. The predicted octanol–water partition coefficient (Wildman–Crippen LogP) is 3.46. The third kappa shape index (κ3) is 2.21. The molecule has 0 saturated heterocycles. The lowest BCUT2D eigenvalue weighted by Crippen LogP contribution is -2.49. The zero-order valence-electron chi connectivity index (χ0n) is 10.3. The summed E-state index contributed by atoms with van der Waals surface area (Å²) in [5, 5.41) is 3.40. The predicted molar refractivity (Wildman–Crippen MR) is 65.0 cm³/mol. The largest absolute Gasteiger partial charge is 0.314 e. The highest BCUT2D eigenvalue weighted by Crippen LogP contribution is 2.45. The molecule has 1 aromatic rings. The molecular weight excluding hydrogens is 220 g/mol. The molecule has 3 atom stereocenters. The number of rotatable bonds is 4. The molecule has 1 aliphatic rings. The summed E-state index contributed by atoms with van der Waals surface area (Å²) in [7, 11) is 0. The van der Waals surface area contributed by atoms with Crippen molar-refractivity contribution in [1.29, 1.82) is 0 Å². The Morgan fingerprint density at radius 1 is 1.29 bits per heavy atom. The van der Waals surface area contributed by atoms with Crippen LogP contribution in [-0.2, 0) is 0 Å². The van der Waals surface area contributed by atoms with Crippen LogP contribution in [0.5, 0.6) is 0 Å². The summed E-state index contributed by atoms with van der Waals surface area (Å²) in [6, 6.07) is 4.95. The van der Waals surface area contributed by atoms with Gasteiger partial charge in [0.1, 0.15) is 0 Å². The van der Waals surface area contributed by atoms with Gasteiger partial charge in [-0.1, -0.05) is 32.4 Å². The van der Waals surface area contributed by atoms with Crippen LogP contribution < -0.4 is 5.32 Å². The van der Waals surface area contributed by atoms with Crippen molar-refractivity contribution >= 4 is 0 Å². The van der Waals surface area contributed by atoms with E-state index in [0.29, 0.717) is 17.5 Å². The van der Waals surface area contributed by atoms with Crippen LogP contribution in [0.3, 0.4) is 0 Å². The first-order valence-corrected chi connectivity index (χ1v) is 6.36. The Morgan fingerprint density at radius 3 is 2.71 bits per heavy atom. The van der Waals surface area contributed by atoms with E-state index in [-0.39, 0.29) is 5.92 Å². The van der Waals surface area contributed by atoms with Crippen molar-refractivity contribution in [3.63, 3.8) is 0 Å². The SMILES string of the molecule is CCNC1CC(c2cccc(F)c2F)C1CC. The fourth-order valence-electron chi connectivity index (χ4n) is 2.94. The molecule has 2 rings (SSSR count). The van der Waals surface area contributed by atoms with Gasteiger partial charge in [0.05, 0.1) is 0 Å². The molecule has 1 N–H and O–H groups in total. The number of nitrogens with one attached hydrogen (secondary N) is 1. The van der Waals surface area contributed by atoms with Crippen molar-refractivity contribution in [3.8, 4) is 0 Å². The molecule has 1 aliphatic carbocycles. The molecule has 3 unspecified atom stereocenters. The molecule has 1 nitrogen and oxygen atoms in total. The Kier molecular flexibility index (Phi) is 3.77. The van der Waals surface area contributed by atoms with E-state index in [1.54, 1.807) is 12.1 Å². The zero-order chi connectivity index (χ0) is 12.4. The van der Waals surface area contributed by atoms with Crippen molar-refractivity contribution in [3.05, 3.63) is 35.4 Å². The first-order valence-electron chi connectivity index (χ1n) is 6.36. The summed E-state index contributed by atoms with van der Waals surface area (Å²) in [5.74, 6) is -0.804. The standard InChI is InChI=1S/C14H19F2N/c1-3-9-11(8-13(9)17-4-2)10-6-5-7-12(15)14(10)16/h5-7,9,11,13,17H,3-4,8H2,1-2H3. The quantitative estimate of drug-likeness (QED) is 0.848. The van der Waals surface area contributed by atoms with E-state index in [4.69, 9.17) is 0 Å². The maximum Gasteiger partial charge on any atom is 0.162 e. The summed E-state index contributed by atoms with van der Waals surface area (Å²) in [6.45, 7) is 5.11. The molecule has 0 aliphatic heterocycles. The van der Waals surface area contributed by atoms with Gasteiger partial charge < -0.3 is 5.32 Å². The summed E-state index contributed by atoms with van der Waals surface area (Å²) < 4.78 is 26.9. The average Bonchev–Trinajstić information content (AvgIpc) is 2.29. The Balaban J connectivity index is 2.16. The fraction of sp³-hybridized carbons (Fsp3) is 0.571. The van der Waals surface area contributed by atoms with Gasteiger partial charge in [0.15, 0.2) is 11.6 Å². The summed E-state index contributed by atoms with van der Waals surface area (Å²) in [6.07, 6.45) is 1.91. The molecule has 0 spiro atoms. The van der Waals surface area contributed by atoms with Gasteiger partial charge in [-0.15, -0.1) is 0 Å². The molecule has 3 heteroatoms. The number of hydrogen-bond donors (Lipinski definition) is 1. The first kappa shape index (κ1) is 12.5. The summed E-state index contributed by atoms with van der Waals surface area (Å²) in [4.78, 5) is 0. The van der Waals surface area contributed by atoms with E-state index in [1.165, 1.54) is 6.07 Å². The number of hydrogen-bond acceptors (Lipinski definition) is 1. The molecule has 0 aromatic heterocycles. The van der Waals surface area contributed by atoms with Gasteiger partial charge in [-0.25, -0.2) is 8.78 Å². The fourth-order valence-corrected chi connectivity index (χ4v) is 2.94. The molecule has 1 saturated carbocycles. The Labute approximate surface area is 101 Å². The highest BCUT2D eigenvalue weighted by molar-refractivity contribution is 5.27. The Morgan fingerprint density at radius 2 is 2.06 bits per heavy atom. The first-order chi connectivity index (χ1) is 8.19. The van der Waals surface area contributed by atoms with Crippen LogP contribution in [0.1, 0.15) is 38.2 Å². The third-order valence-electron chi connectivity index (χ3n) is 3.86. The van der Waals surface area contributed by atoms with E-state index in [9.17, 15) is 8.78 Å². The molecule has 0 bridgehead atoms. The van der Waals surface area contributed by atoms with Gasteiger partial charge in [-0.3, -0.25) is 0 Å². The smallest absolute Gasteiger partial charge is 0.162 e. The van der Waals surface area contributed by atoms with Crippen LogP contribution in [0, 0.1) is 17.6 Å². The summed E-state index contributed by atoms with van der Waals surface area (Å²) in [5.41, 5.74) is 0.547. The van der Waals surface area contributed by atoms with Crippen LogP contribution in [0.15, 0.2) is 18.2 Å². The highest BCUT2D eigenvalue weighted by Gasteiger charge is 2.41. The lowest BCUT2D eigenvalue weighted by molar-refractivity contribution is 0.159. The second kappa shape index (κ2) is 5.13. The molecule has 17 heavy (non-hydrogen) atoms. The van der Waals surface area contributed by atoms with Crippen LogP contribution in [0.2, 0.25) is 0 Å². The third-order valence-corrected chi connectivity index (χ3v) is 3.86. The van der Waals surface area contributed by atoms with Gasteiger partial charge in [-0.05, 0) is 36.4 Å². The molecule has 0 amide bonds. The van der Waals surface area contributed by atoms with Crippen LogP contribution in [0.4, 0.5) is 8.78 Å². The second-order valence-corrected chi connectivity index (χ2v) is 4.72. The minimum Gasteiger partial charge on any atom is -0.314 e. The normalized spacial score (nSPS) is 27.9. The number of halogens is 2. The second-order valence-electron chi connectivity index (χ2n) is 4.72. The lowest BCUT2D eigenvalue weighted by Gasteiger charge is -2.45. The van der Waals surface area contributed by atoms with Crippen molar-refractivity contribution in [2.45, 2.75) is 38.6 Å². The van der Waals surface area contributed by atoms with Crippen molar-refractivity contribution in [2.24, 2.45) is 5.92 Å². The van der Waals surface area contributed by atoms with E-state index in [2.05, 4.69) is 19.2 Å². The van der Waals surface area contributed by atoms with E-state index >= 15 is 0 Å². The van der Waals surface area contributed by atoms with Gasteiger partial charge in [0.2, 0.25) is 0 Å². The molecule has 1 fully saturated rings. The molecular formula is C14H19F2N. The van der Waals surface area contributed by atoms with Gasteiger partial charge in [0, 0.05) is 6.04 Å². The molecule has 0 heterocycles. The minimum atomic E-state index is -0.732. The molecule has 94 valence electrons. The topological polar surface area (TPSA) is 12.0 Å². The van der Waals surface area contributed by atoms with Crippen molar-refractivity contribution < 1.29 is 8.78 Å². The molecule has 1 aromatic carbocycles. The van der Waals surface area contributed by atoms with Crippen LogP contribution in [0.25, 0.3) is 0 Å². The van der Waals surface area contributed by atoms with Crippen molar-refractivity contribution in [2.75, 3.05) is 6.54 Å². The van der Waals surface area contributed by atoms with E-state index in [0.717, 1.165) is 19.4 Å². The zero-order valence-corrected chi connectivity index (χ0v) is 10.3. The van der Waals surface area contributed by atoms with Crippen LogP contribution in [-0.4, -0.2) is 12.6 Å².